The average Bonchev–Trinajstić information content (AvgIpc) is 3.38. The van der Waals surface area contributed by atoms with Crippen LogP contribution >= 0.6 is 0 Å². The maximum Gasteiger partial charge on any atom is 0.325 e. The highest BCUT2D eigenvalue weighted by molar-refractivity contribution is 6.01. The van der Waals surface area contributed by atoms with Crippen LogP contribution in [0.15, 0.2) is 41.5 Å². The van der Waals surface area contributed by atoms with E-state index in [0.717, 1.165) is 10.9 Å². The highest BCUT2D eigenvalue weighted by atomic mass is 16.5. The Bertz CT molecular complexity index is 1200. The van der Waals surface area contributed by atoms with Crippen LogP contribution in [0.1, 0.15) is 30.8 Å². The van der Waals surface area contributed by atoms with Gasteiger partial charge in [-0.1, -0.05) is 19.9 Å². The second-order valence-corrected chi connectivity index (χ2v) is 7.87. The Balaban J connectivity index is 1.74. The van der Waals surface area contributed by atoms with E-state index in [1.54, 1.807) is 19.2 Å². The molecule has 32 heavy (non-hydrogen) atoms. The third kappa shape index (κ3) is 5.18. The molecule has 0 unspecified atom stereocenters. The predicted molar refractivity (Wildman–Crippen MR) is 118 cm³/mol. The van der Waals surface area contributed by atoms with Crippen molar-refractivity contribution in [2.45, 2.75) is 38.9 Å². The van der Waals surface area contributed by atoms with Crippen molar-refractivity contribution in [1.82, 2.24) is 25.2 Å². The molecule has 0 aliphatic carbocycles. The number of aromatic amines is 2. The summed E-state index contributed by atoms with van der Waals surface area (Å²) >= 11 is 0. The number of imidazole rings is 1. The molecule has 10 nitrogen and oxygen atoms in total. The molecule has 0 saturated heterocycles. The number of carbonyl (C=O) groups is 2. The Morgan fingerprint density at radius 1 is 1.28 bits per heavy atom. The molecule has 0 aliphatic heterocycles. The number of H-pyrrole nitrogens is 2. The van der Waals surface area contributed by atoms with Crippen molar-refractivity contribution in [3.8, 4) is 11.8 Å². The number of nitrogens with one attached hydrogen (secondary N) is 4. The zero-order chi connectivity index (χ0) is 23.3. The number of carbonyl (C=O) groups excluding carboxylic acids is 2. The highest BCUT2D eigenvalue weighted by Crippen LogP contribution is 2.26. The van der Waals surface area contributed by atoms with Gasteiger partial charge in [0.1, 0.15) is 23.5 Å². The van der Waals surface area contributed by atoms with Crippen molar-refractivity contribution in [1.29, 1.82) is 5.26 Å². The molecule has 2 aromatic heterocycles. The van der Waals surface area contributed by atoms with Gasteiger partial charge in [0.25, 0.3) is 5.91 Å². The molecule has 1 aromatic carbocycles. The highest BCUT2D eigenvalue weighted by Gasteiger charge is 2.26. The number of nitrogens with zero attached hydrogens (tertiary/aromatic N) is 2. The van der Waals surface area contributed by atoms with Gasteiger partial charge in [-0.25, -0.2) is 4.79 Å². The van der Waals surface area contributed by atoms with Crippen LogP contribution < -0.4 is 21.1 Å². The third-order valence-electron chi connectivity index (χ3n) is 4.99. The fourth-order valence-electron chi connectivity index (χ4n) is 3.45. The zero-order valence-electron chi connectivity index (χ0n) is 18.1. The van der Waals surface area contributed by atoms with Gasteiger partial charge in [-0.05, 0) is 30.5 Å². The summed E-state index contributed by atoms with van der Waals surface area (Å²) in [6.45, 7) is 3.86. The van der Waals surface area contributed by atoms with Gasteiger partial charge in [-0.3, -0.25) is 14.2 Å². The topological polar surface area (TPSA) is 145 Å². The molecular formula is C22H26N6O4. The van der Waals surface area contributed by atoms with E-state index in [1.807, 2.05) is 32.0 Å². The molecule has 0 saturated carbocycles. The van der Waals surface area contributed by atoms with Crippen molar-refractivity contribution in [3.05, 3.63) is 52.8 Å². The number of ether oxygens (including phenoxy) is 1. The monoisotopic (exact) mass is 438 g/mol. The van der Waals surface area contributed by atoms with E-state index >= 15 is 0 Å². The summed E-state index contributed by atoms with van der Waals surface area (Å²) in [5.74, 6) is -0.192. The molecular weight excluding hydrogens is 412 g/mol. The summed E-state index contributed by atoms with van der Waals surface area (Å²) in [5.41, 5.74) is 0.656. The second kappa shape index (κ2) is 9.87. The fourth-order valence-corrected chi connectivity index (χ4v) is 3.45. The van der Waals surface area contributed by atoms with Crippen molar-refractivity contribution in [3.63, 3.8) is 0 Å². The van der Waals surface area contributed by atoms with Crippen LogP contribution in [-0.2, 0) is 11.3 Å². The van der Waals surface area contributed by atoms with E-state index in [0.29, 0.717) is 17.9 Å². The first-order valence-electron chi connectivity index (χ1n) is 10.2. The van der Waals surface area contributed by atoms with E-state index in [1.165, 1.54) is 17.0 Å². The molecule has 0 radical (unpaired) electrons. The Hall–Kier alpha value is -4.00. The van der Waals surface area contributed by atoms with E-state index in [4.69, 9.17) is 4.74 Å². The van der Waals surface area contributed by atoms with Crippen LogP contribution in [0.2, 0.25) is 0 Å². The summed E-state index contributed by atoms with van der Waals surface area (Å²) in [5, 5.41) is 15.6. The van der Waals surface area contributed by atoms with E-state index < -0.39 is 23.9 Å². The second-order valence-electron chi connectivity index (χ2n) is 7.87. The molecule has 2 heterocycles. The number of methoxy groups -OCH3 is 1. The number of benzene rings is 1. The summed E-state index contributed by atoms with van der Waals surface area (Å²) < 4.78 is 6.62. The van der Waals surface area contributed by atoms with Gasteiger partial charge < -0.3 is 25.3 Å². The Morgan fingerprint density at radius 2 is 2.06 bits per heavy atom. The molecule has 0 bridgehead atoms. The van der Waals surface area contributed by atoms with Crippen molar-refractivity contribution < 1.29 is 14.3 Å². The minimum absolute atomic E-state index is 0.00523. The number of nitriles is 1. The maximum absolute atomic E-state index is 12.9. The first kappa shape index (κ1) is 22.7. The number of fused-ring (bicyclic) bond motifs is 1. The van der Waals surface area contributed by atoms with Gasteiger partial charge in [0.15, 0.2) is 0 Å². The summed E-state index contributed by atoms with van der Waals surface area (Å²) in [6.07, 6.45) is 3.33. The lowest BCUT2D eigenvalue weighted by Gasteiger charge is -2.21. The summed E-state index contributed by atoms with van der Waals surface area (Å²) in [4.78, 5) is 43.0. The molecule has 10 heteroatoms. The Labute approximate surface area is 184 Å². The molecule has 3 rings (SSSR count). The van der Waals surface area contributed by atoms with Gasteiger partial charge in [-0.15, -0.1) is 0 Å². The van der Waals surface area contributed by atoms with Crippen LogP contribution in [0.5, 0.6) is 5.75 Å². The lowest BCUT2D eigenvalue weighted by molar-refractivity contribution is -0.123. The van der Waals surface area contributed by atoms with Gasteiger partial charge in [0.05, 0.1) is 19.7 Å². The van der Waals surface area contributed by atoms with Crippen LogP contribution in [0, 0.1) is 17.2 Å². The molecule has 0 spiro atoms. The number of hydrogen-bond donors (Lipinski definition) is 4. The first-order chi connectivity index (χ1) is 15.3. The van der Waals surface area contributed by atoms with Crippen LogP contribution in [0.25, 0.3) is 10.9 Å². The minimum atomic E-state index is -0.931. The molecule has 0 fully saturated rings. The van der Waals surface area contributed by atoms with Crippen LogP contribution in [0.3, 0.4) is 0 Å². The third-order valence-corrected chi connectivity index (χ3v) is 4.99. The number of hydrogen-bond acceptors (Lipinski definition) is 5. The number of aromatic nitrogens is 3. The van der Waals surface area contributed by atoms with E-state index in [2.05, 4.69) is 20.6 Å². The van der Waals surface area contributed by atoms with Crippen molar-refractivity contribution in [2.75, 3.05) is 7.11 Å². The standard InChI is InChI=1S/C22H26N6O4/c1-13(2)9-17(20(29)25-14(11-23)12-28-8-7-24-22(28)31)27-21(30)18-10-15-16(26-18)5-4-6-19(15)32-3/h4-8,10,13-14,17,26H,9,12H2,1-3H3,(H,24,31)(H,25,29)(H,27,30)/t14-,17+/m1/s1. The average molecular weight is 438 g/mol. The van der Waals surface area contributed by atoms with E-state index in [9.17, 15) is 19.6 Å². The molecule has 4 N–H and O–H groups in total. The first-order valence-corrected chi connectivity index (χ1v) is 10.2. The van der Waals surface area contributed by atoms with Crippen molar-refractivity contribution >= 4 is 22.7 Å². The lowest BCUT2D eigenvalue weighted by atomic mass is 10.0. The fraction of sp³-hybridized carbons (Fsp3) is 0.364. The van der Waals surface area contributed by atoms with Crippen LogP contribution in [-0.4, -0.2) is 45.5 Å². The number of rotatable bonds is 9. The lowest BCUT2D eigenvalue weighted by Crippen LogP contribution is -2.51. The maximum atomic E-state index is 12.9. The van der Waals surface area contributed by atoms with Gasteiger partial charge >= 0.3 is 5.69 Å². The van der Waals surface area contributed by atoms with Gasteiger partial charge in [0, 0.05) is 23.3 Å². The van der Waals surface area contributed by atoms with Gasteiger partial charge in [0.2, 0.25) is 5.91 Å². The summed E-state index contributed by atoms with van der Waals surface area (Å²) in [7, 11) is 1.55. The largest absolute Gasteiger partial charge is 0.496 e. The summed E-state index contributed by atoms with van der Waals surface area (Å²) in [6, 6.07) is 7.31. The molecule has 0 aliphatic rings. The predicted octanol–water partition coefficient (Wildman–Crippen LogP) is 1.52. The quantitative estimate of drug-likeness (QED) is 0.400. The normalized spacial score (nSPS) is 12.8. The van der Waals surface area contributed by atoms with E-state index in [-0.39, 0.29) is 18.2 Å². The molecule has 2 atom stereocenters. The molecule has 2 amide bonds. The minimum Gasteiger partial charge on any atom is -0.496 e. The molecule has 3 aromatic rings. The smallest absolute Gasteiger partial charge is 0.325 e. The SMILES string of the molecule is COc1cccc2[nH]c(C(=O)N[C@@H](CC(C)C)C(=O)N[C@H](C#N)Cn3cc[nH]c3=O)cc12. The Kier molecular flexibility index (Phi) is 7.00. The number of amides is 2. The van der Waals surface area contributed by atoms with Gasteiger partial charge in [-0.2, -0.15) is 5.26 Å². The Morgan fingerprint density at radius 3 is 2.69 bits per heavy atom. The van der Waals surface area contributed by atoms with Crippen LogP contribution in [0.4, 0.5) is 0 Å². The van der Waals surface area contributed by atoms with Crippen molar-refractivity contribution in [2.24, 2.45) is 5.92 Å². The molecule has 168 valence electrons. The zero-order valence-corrected chi connectivity index (χ0v) is 18.1.